The number of hydrogen-bond acceptors (Lipinski definition) is 6. The summed E-state index contributed by atoms with van der Waals surface area (Å²) in [5.41, 5.74) is 9.19. The Morgan fingerprint density at radius 2 is 2.08 bits per heavy atom. The molecule has 2 aromatic heterocycles. The van der Waals surface area contributed by atoms with Gasteiger partial charge in [-0.3, -0.25) is 4.79 Å². The quantitative estimate of drug-likeness (QED) is 0.631. The lowest BCUT2D eigenvalue weighted by Crippen LogP contribution is -2.13. The molecule has 4 N–H and O–H groups in total. The van der Waals surface area contributed by atoms with Crippen LogP contribution in [0.5, 0.6) is 0 Å². The number of aromatic nitrogens is 2. The zero-order valence-electron chi connectivity index (χ0n) is 14.5. The normalized spacial score (nSPS) is 11.0. The van der Waals surface area contributed by atoms with Gasteiger partial charge in [0.2, 0.25) is 5.91 Å². The number of hydrogen-bond donors (Lipinski definition) is 3. The number of benzene rings is 1. The molecule has 7 heteroatoms. The van der Waals surface area contributed by atoms with Crippen LogP contribution in [-0.2, 0) is 11.2 Å². The third kappa shape index (κ3) is 3.88. The van der Waals surface area contributed by atoms with E-state index in [0.29, 0.717) is 6.04 Å². The van der Waals surface area contributed by atoms with E-state index in [1.54, 1.807) is 0 Å². The number of rotatable bonds is 6. The summed E-state index contributed by atoms with van der Waals surface area (Å²) in [5.74, 6) is 0.454. The van der Waals surface area contributed by atoms with Crippen molar-refractivity contribution in [3.8, 4) is 11.1 Å². The Hall–Kier alpha value is -2.67. The Morgan fingerprint density at radius 3 is 2.76 bits per heavy atom. The summed E-state index contributed by atoms with van der Waals surface area (Å²) in [6.07, 6.45) is 2.03. The number of amides is 1. The van der Waals surface area contributed by atoms with Crippen molar-refractivity contribution < 1.29 is 4.79 Å². The number of anilines is 2. The van der Waals surface area contributed by atoms with Gasteiger partial charge in [-0.15, -0.1) is 11.3 Å². The van der Waals surface area contributed by atoms with Crippen LogP contribution < -0.4 is 16.4 Å². The standard InChI is InChI=1S/C18H21N5OS/c1-10(2)22-14-6-12(9-21-18(14)20-3)11-4-5-13-15(7-11)25-17(23-13)8-16(19)24/h4-7,9-10,22H,8H2,1-3H3,(H2,19,24)(H,20,21). The highest BCUT2D eigenvalue weighted by atomic mass is 32.1. The predicted octanol–water partition coefficient (Wildman–Crippen LogP) is 3.25. The molecule has 3 aromatic rings. The van der Waals surface area contributed by atoms with Gasteiger partial charge in [-0.1, -0.05) is 6.07 Å². The molecular formula is C18H21N5OS. The third-order valence-electron chi connectivity index (χ3n) is 3.66. The van der Waals surface area contributed by atoms with Gasteiger partial charge in [0.15, 0.2) is 0 Å². The Labute approximate surface area is 150 Å². The summed E-state index contributed by atoms with van der Waals surface area (Å²) in [5, 5.41) is 7.26. The number of fused-ring (bicyclic) bond motifs is 1. The number of nitrogens with two attached hydrogens (primary N) is 1. The van der Waals surface area contributed by atoms with Crippen LogP contribution in [0.15, 0.2) is 30.5 Å². The fraction of sp³-hybridized carbons (Fsp3) is 0.278. The molecule has 0 saturated heterocycles. The van der Waals surface area contributed by atoms with E-state index >= 15 is 0 Å². The van der Waals surface area contributed by atoms with Gasteiger partial charge in [0, 0.05) is 24.8 Å². The van der Waals surface area contributed by atoms with Crippen LogP contribution in [0.2, 0.25) is 0 Å². The van der Waals surface area contributed by atoms with Gasteiger partial charge in [0.25, 0.3) is 0 Å². The Kier molecular flexibility index (Phi) is 4.85. The molecule has 0 spiro atoms. The molecule has 3 rings (SSSR count). The first-order valence-electron chi connectivity index (χ1n) is 8.08. The molecule has 0 aliphatic rings. The molecule has 130 valence electrons. The number of primary amides is 1. The summed E-state index contributed by atoms with van der Waals surface area (Å²) < 4.78 is 1.03. The maximum absolute atomic E-state index is 11.1. The highest BCUT2D eigenvalue weighted by molar-refractivity contribution is 7.18. The van der Waals surface area contributed by atoms with E-state index in [4.69, 9.17) is 5.73 Å². The first-order chi connectivity index (χ1) is 12.0. The minimum absolute atomic E-state index is 0.176. The maximum Gasteiger partial charge on any atom is 0.224 e. The first kappa shape index (κ1) is 17.2. The molecule has 0 radical (unpaired) electrons. The van der Waals surface area contributed by atoms with E-state index in [1.165, 1.54) is 11.3 Å². The number of carbonyl (C=O) groups excluding carboxylic acids is 1. The lowest BCUT2D eigenvalue weighted by Gasteiger charge is -2.15. The van der Waals surface area contributed by atoms with E-state index < -0.39 is 0 Å². The fourth-order valence-electron chi connectivity index (χ4n) is 2.62. The van der Waals surface area contributed by atoms with Gasteiger partial charge in [-0.25, -0.2) is 9.97 Å². The average molecular weight is 355 g/mol. The van der Waals surface area contributed by atoms with Crippen molar-refractivity contribution in [1.82, 2.24) is 9.97 Å². The molecule has 2 heterocycles. The zero-order chi connectivity index (χ0) is 18.0. The van der Waals surface area contributed by atoms with E-state index in [1.807, 2.05) is 25.4 Å². The molecular weight excluding hydrogens is 334 g/mol. The predicted molar refractivity (Wildman–Crippen MR) is 104 cm³/mol. The van der Waals surface area contributed by atoms with Crippen LogP contribution in [0.25, 0.3) is 21.3 Å². The largest absolute Gasteiger partial charge is 0.380 e. The molecule has 0 atom stereocenters. The van der Waals surface area contributed by atoms with Crippen LogP contribution in [0, 0.1) is 0 Å². The summed E-state index contributed by atoms with van der Waals surface area (Å²) in [4.78, 5) is 20.0. The van der Waals surface area contributed by atoms with E-state index in [-0.39, 0.29) is 12.3 Å². The number of nitrogens with zero attached hydrogens (tertiary/aromatic N) is 2. The van der Waals surface area contributed by atoms with Crippen molar-refractivity contribution in [2.45, 2.75) is 26.3 Å². The summed E-state index contributed by atoms with van der Waals surface area (Å²) in [6, 6.07) is 8.46. The van der Waals surface area contributed by atoms with E-state index in [0.717, 1.165) is 37.9 Å². The van der Waals surface area contributed by atoms with Crippen molar-refractivity contribution in [1.29, 1.82) is 0 Å². The van der Waals surface area contributed by atoms with Crippen LogP contribution in [0.4, 0.5) is 11.5 Å². The van der Waals surface area contributed by atoms with Crippen molar-refractivity contribution in [3.05, 3.63) is 35.5 Å². The molecule has 0 saturated carbocycles. The van der Waals surface area contributed by atoms with Gasteiger partial charge in [0.05, 0.1) is 22.3 Å². The molecule has 0 aliphatic heterocycles. The van der Waals surface area contributed by atoms with Crippen LogP contribution in [-0.4, -0.2) is 29.0 Å². The highest BCUT2D eigenvalue weighted by Gasteiger charge is 2.10. The van der Waals surface area contributed by atoms with Gasteiger partial charge in [-0.05, 0) is 37.6 Å². The molecule has 6 nitrogen and oxygen atoms in total. The van der Waals surface area contributed by atoms with Gasteiger partial charge in [-0.2, -0.15) is 0 Å². The lowest BCUT2D eigenvalue weighted by atomic mass is 10.1. The second-order valence-corrected chi connectivity index (χ2v) is 7.22. The van der Waals surface area contributed by atoms with Crippen LogP contribution >= 0.6 is 11.3 Å². The number of pyridine rings is 1. The molecule has 0 bridgehead atoms. The van der Waals surface area contributed by atoms with Crippen LogP contribution in [0.3, 0.4) is 0 Å². The van der Waals surface area contributed by atoms with Crippen molar-refractivity contribution in [2.24, 2.45) is 5.73 Å². The molecule has 0 unspecified atom stereocenters. The maximum atomic E-state index is 11.1. The minimum Gasteiger partial charge on any atom is -0.380 e. The molecule has 25 heavy (non-hydrogen) atoms. The van der Waals surface area contributed by atoms with Gasteiger partial charge >= 0.3 is 0 Å². The number of nitrogens with one attached hydrogen (secondary N) is 2. The molecule has 1 amide bonds. The summed E-state index contributed by atoms with van der Waals surface area (Å²) in [6.45, 7) is 4.19. The smallest absolute Gasteiger partial charge is 0.224 e. The Balaban J connectivity index is 1.99. The Morgan fingerprint density at radius 1 is 1.28 bits per heavy atom. The van der Waals surface area contributed by atoms with Gasteiger partial charge < -0.3 is 16.4 Å². The van der Waals surface area contributed by atoms with Gasteiger partial charge in [0.1, 0.15) is 10.8 Å². The number of thiazole rings is 1. The zero-order valence-corrected chi connectivity index (χ0v) is 15.3. The van der Waals surface area contributed by atoms with E-state index in [9.17, 15) is 4.79 Å². The first-order valence-corrected chi connectivity index (χ1v) is 8.90. The van der Waals surface area contributed by atoms with Crippen molar-refractivity contribution in [3.63, 3.8) is 0 Å². The third-order valence-corrected chi connectivity index (χ3v) is 4.68. The molecule has 0 aliphatic carbocycles. The average Bonchev–Trinajstić information content (AvgIpc) is 2.94. The Bertz CT molecular complexity index is 919. The fourth-order valence-corrected chi connectivity index (χ4v) is 3.64. The minimum atomic E-state index is -0.365. The van der Waals surface area contributed by atoms with Crippen molar-refractivity contribution >= 4 is 39.0 Å². The summed E-state index contributed by atoms with van der Waals surface area (Å²) in [7, 11) is 1.86. The number of carbonyl (C=O) groups is 1. The van der Waals surface area contributed by atoms with E-state index in [2.05, 4.69) is 46.6 Å². The van der Waals surface area contributed by atoms with Crippen molar-refractivity contribution in [2.75, 3.05) is 17.7 Å². The second-order valence-electron chi connectivity index (χ2n) is 6.10. The van der Waals surface area contributed by atoms with Crippen LogP contribution in [0.1, 0.15) is 18.9 Å². The topological polar surface area (TPSA) is 92.9 Å². The summed E-state index contributed by atoms with van der Waals surface area (Å²) >= 11 is 1.50. The monoisotopic (exact) mass is 355 g/mol. The highest BCUT2D eigenvalue weighted by Crippen LogP contribution is 2.31. The lowest BCUT2D eigenvalue weighted by molar-refractivity contribution is -0.117. The SMILES string of the molecule is CNc1ncc(-c2ccc3nc(CC(N)=O)sc3c2)cc1NC(C)C. The molecule has 1 aromatic carbocycles. The molecule has 0 fully saturated rings. The second kappa shape index (κ2) is 7.06.